The van der Waals surface area contributed by atoms with Gasteiger partial charge in [-0.25, -0.2) is 4.98 Å². The molecule has 0 bridgehead atoms. The van der Waals surface area contributed by atoms with Crippen molar-refractivity contribution >= 4 is 33.2 Å². The largest absolute Gasteiger partial charge is 0.328 e. The second kappa shape index (κ2) is 5.13. The summed E-state index contributed by atoms with van der Waals surface area (Å²) >= 11 is 4.43. The third-order valence-corrected chi connectivity index (χ3v) is 2.69. The molecular formula is C9H9BrN2OS. The van der Waals surface area contributed by atoms with E-state index in [1.807, 2.05) is 12.3 Å². The molecule has 0 aliphatic rings. The van der Waals surface area contributed by atoms with Crippen molar-refractivity contribution in [3.8, 4) is 10.8 Å². The lowest BCUT2D eigenvalue weighted by Gasteiger charge is -2.10. The Morgan fingerprint density at radius 2 is 2.50 bits per heavy atom. The maximum Gasteiger partial charge on any atom is 0.299 e. The summed E-state index contributed by atoms with van der Waals surface area (Å²) in [5, 5.41) is 2.89. The third kappa shape index (κ3) is 3.13. The summed E-state index contributed by atoms with van der Waals surface area (Å²) in [4.78, 5) is 19.4. The molecule has 0 atom stereocenters. The van der Waals surface area contributed by atoms with Crippen molar-refractivity contribution in [3.05, 3.63) is 16.1 Å². The minimum atomic E-state index is -0.213. The number of hydrogen-bond donors (Lipinski definition) is 0. The van der Waals surface area contributed by atoms with E-state index in [0.717, 1.165) is 10.7 Å². The number of amides is 1. The zero-order valence-electron chi connectivity index (χ0n) is 7.87. The molecule has 0 radical (unpaired) electrons. The molecule has 1 aromatic rings. The molecule has 0 fully saturated rings. The van der Waals surface area contributed by atoms with E-state index in [4.69, 9.17) is 0 Å². The molecule has 74 valence electrons. The number of aryl methyl sites for hydroxylation is 1. The molecule has 5 heteroatoms. The van der Waals surface area contributed by atoms with Gasteiger partial charge in [0.1, 0.15) is 5.01 Å². The highest BCUT2D eigenvalue weighted by atomic mass is 79.9. The van der Waals surface area contributed by atoms with Crippen LogP contribution in [0.3, 0.4) is 0 Å². The molecule has 1 aromatic heterocycles. The average molecular weight is 273 g/mol. The fraction of sp³-hybridized carbons (Fsp3) is 0.333. The van der Waals surface area contributed by atoms with Gasteiger partial charge in [0.25, 0.3) is 5.91 Å². The van der Waals surface area contributed by atoms with Gasteiger partial charge in [0.05, 0.1) is 6.54 Å². The number of carbonyl (C=O) groups is 1. The summed E-state index contributed by atoms with van der Waals surface area (Å²) in [7, 11) is 1.70. The average Bonchev–Trinajstić information content (AvgIpc) is 2.51. The molecule has 1 rings (SSSR count). The minimum absolute atomic E-state index is 0.213. The molecular weight excluding hydrogens is 264 g/mol. The van der Waals surface area contributed by atoms with Gasteiger partial charge in [0, 0.05) is 40.0 Å². The van der Waals surface area contributed by atoms with E-state index in [2.05, 4.69) is 31.7 Å². The quantitative estimate of drug-likeness (QED) is 0.769. The smallest absolute Gasteiger partial charge is 0.299 e. The highest BCUT2D eigenvalue weighted by molar-refractivity contribution is 9.12. The van der Waals surface area contributed by atoms with Crippen molar-refractivity contribution in [2.75, 3.05) is 7.05 Å². The van der Waals surface area contributed by atoms with Gasteiger partial charge in [0.2, 0.25) is 0 Å². The lowest BCUT2D eigenvalue weighted by molar-refractivity contribution is -0.124. The predicted octanol–water partition coefficient (Wildman–Crippen LogP) is 1.77. The highest BCUT2D eigenvalue weighted by Crippen LogP contribution is 2.10. The standard InChI is InChI=1S/C9H9BrN2OS/c1-7-6-14-8(11-7)5-12(2)9(13)3-4-10/h6H,5H2,1-2H3. The number of nitrogens with zero attached hydrogens (tertiary/aromatic N) is 2. The Bertz CT molecular complexity index is 391. The molecule has 0 aliphatic heterocycles. The topological polar surface area (TPSA) is 33.2 Å². The van der Waals surface area contributed by atoms with Crippen LogP contribution in [0, 0.1) is 17.7 Å². The van der Waals surface area contributed by atoms with Crippen molar-refractivity contribution in [2.45, 2.75) is 13.5 Å². The molecule has 14 heavy (non-hydrogen) atoms. The summed E-state index contributed by atoms with van der Waals surface area (Å²) in [6.45, 7) is 2.44. The van der Waals surface area contributed by atoms with Crippen LogP contribution in [-0.4, -0.2) is 22.8 Å². The number of rotatable bonds is 2. The van der Waals surface area contributed by atoms with E-state index in [1.165, 1.54) is 4.90 Å². The summed E-state index contributed by atoms with van der Waals surface area (Å²) in [5.74, 6) is 2.19. The van der Waals surface area contributed by atoms with Crippen LogP contribution in [0.15, 0.2) is 5.38 Å². The Hall–Kier alpha value is -0.860. The van der Waals surface area contributed by atoms with Crippen LogP contribution in [0.1, 0.15) is 10.7 Å². The lowest BCUT2D eigenvalue weighted by atomic mass is 10.5. The Morgan fingerprint density at radius 1 is 1.79 bits per heavy atom. The van der Waals surface area contributed by atoms with Gasteiger partial charge in [-0.05, 0) is 11.8 Å². The first-order valence-electron chi connectivity index (χ1n) is 3.91. The van der Waals surface area contributed by atoms with E-state index >= 15 is 0 Å². The zero-order chi connectivity index (χ0) is 10.6. The van der Waals surface area contributed by atoms with Gasteiger partial charge in [-0.15, -0.1) is 11.3 Å². The first kappa shape index (κ1) is 11.2. The van der Waals surface area contributed by atoms with Crippen LogP contribution in [0.2, 0.25) is 0 Å². The van der Waals surface area contributed by atoms with Crippen LogP contribution in [0.25, 0.3) is 0 Å². The van der Waals surface area contributed by atoms with E-state index < -0.39 is 0 Å². The molecule has 0 aromatic carbocycles. The Morgan fingerprint density at radius 3 is 3.00 bits per heavy atom. The Kier molecular flexibility index (Phi) is 4.11. The lowest BCUT2D eigenvalue weighted by Crippen LogP contribution is -2.24. The van der Waals surface area contributed by atoms with Gasteiger partial charge in [0.15, 0.2) is 0 Å². The fourth-order valence-corrected chi connectivity index (χ4v) is 1.88. The van der Waals surface area contributed by atoms with E-state index in [0.29, 0.717) is 6.54 Å². The maximum absolute atomic E-state index is 11.3. The van der Waals surface area contributed by atoms with Gasteiger partial charge in [-0.1, -0.05) is 0 Å². The van der Waals surface area contributed by atoms with Crippen molar-refractivity contribution in [2.24, 2.45) is 0 Å². The summed E-state index contributed by atoms with van der Waals surface area (Å²) in [5.41, 5.74) is 0.984. The number of aromatic nitrogens is 1. The molecule has 0 saturated heterocycles. The summed E-state index contributed by atoms with van der Waals surface area (Å²) < 4.78 is 0. The van der Waals surface area contributed by atoms with Crippen molar-refractivity contribution < 1.29 is 4.79 Å². The first-order chi connectivity index (χ1) is 6.63. The van der Waals surface area contributed by atoms with Crippen LogP contribution in [0.4, 0.5) is 0 Å². The maximum atomic E-state index is 11.3. The van der Waals surface area contributed by atoms with Crippen LogP contribution >= 0.6 is 27.3 Å². The van der Waals surface area contributed by atoms with Crippen molar-refractivity contribution in [1.82, 2.24) is 9.88 Å². The van der Waals surface area contributed by atoms with Gasteiger partial charge >= 0.3 is 0 Å². The fourth-order valence-electron chi connectivity index (χ4n) is 0.886. The third-order valence-electron chi connectivity index (χ3n) is 1.54. The van der Waals surface area contributed by atoms with Gasteiger partial charge < -0.3 is 4.90 Å². The van der Waals surface area contributed by atoms with Crippen LogP contribution < -0.4 is 0 Å². The molecule has 3 nitrogen and oxygen atoms in total. The zero-order valence-corrected chi connectivity index (χ0v) is 10.3. The van der Waals surface area contributed by atoms with E-state index in [1.54, 1.807) is 18.4 Å². The molecule has 0 N–H and O–H groups in total. The summed E-state index contributed by atoms with van der Waals surface area (Å²) in [6, 6.07) is 0. The number of halogens is 1. The molecule has 1 amide bonds. The minimum Gasteiger partial charge on any atom is -0.328 e. The van der Waals surface area contributed by atoms with Crippen LogP contribution in [-0.2, 0) is 11.3 Å². The molecule has 0 saturated carbocycles. The van der Waals surface area contributed by atoms with E-state index in [9.17, 15) is 4.79 Å². The Balaban J connectivity index is 2.59. The van der Waals surface area contributed by atoms with Crippen LogP contribution in [0.5, 0.6) is 0 Å². The highest BCUT2D eigenvalue weighted by Gasteiger charge is 2.07. The number of carbonyl (C=O) groups excluding carboxylic acids is 1. The summed E-state index contributed by atoms with van der Waals surface area (Å²) in [6.07, 6.45) is 0. The monoisotopic (exact) mass is 272 g/mol. The molecule has 0 aliphatic carbocycles. The Labute approximate surface area is 95.3 Å². The molecule has 0 spiro atoms. The predicted molar refractivity (Wildman–Crippen MR) is 60.0 cm³/mol. The molecule has 0 unspecified atom stereocenters. The van der Waals surface area contributed by atoms with Gasteiger partial charge in [-0.3, -0.25) is 4.79 Å². The first-order valence-corrected chi connectivity index (χ1v) is 5.58. The second-order valence-corrected chi connectivity index (χ2v) is 4.10. The SMILES string of the molecule is Cc1csc(CN(C)C(=O)C#CBr)n1. The normalized spacial score (nSPS) is 9.07. The number of thiazole rings is 1. The second-order valence-electron chi connectivity index (χ2n) is 2.76. The van der Waals surface area contributed by atoms with E-state index in [-0.39, 0.29) is 5.91 Å². The number of hydrogen-bond acceptors (Lipinski definition) is 3. The molecule has 1 heterocycles. The van der Waals surface area contributed by atoms with Crippen molar-refractivity contribution in [3.63, 3.8) is 0 Å². The van der Waals surface area contributed by atoms with Gasteiger partial charge in [-0.2, -0.15) is 0 Å². The van der Waals surface area contributed by atoms with Crippen molar-refractivity contribution in [1.29, 1.82) is 0 Å².